The maximum atomic E-state index is 6.50. The van der Waals surface area contributed by atoms with Gasteiger partial charge in [-0.15, -0.1) is 0 Å². The summed E-state index contributed by atoms with van der Waals surface area (Å²) in [5.41, 5.74) is 14.1. The van der Waals surface area contributed by atoms with Gasteiger partial charge in [-0.3, -0.25) is 0 Å². The van der Waals surface area contributed by atoms with Crippen LogP contribution in [-0.2, 0) is 6.42 Å². The van der Waals surface area contributed by atoms with Gasteiger partial charge in [0.15, 0.2) is 17.5 Å². The smallest absolute Gasteiger partial charge is 0.164 e. The molecule has 0 bridgehead atoms. The first-order valence-electron chi connectivity index (χ1n) is 18.1. The van der Waals surface area contributed by atoms with Crippen LogP contribution in [0, 0.1) is 0 Å². The number of benzene rings is 7. The van der Waals surface area contributed by atoms with Crippen LogP contribution in [0.1, 0.15) is 17.5 Å². The van der Waals surface area contributed by atoms with Crippen molar-refractivity contribution in [2.24, 2.45) is 0 Å². The van der Waals surface area contributed by atoms with Gasteiger partial charge < -0.3 is 4.42 Å². The largest absolute Gasteiger partial charge is 0.456 e. The van der Waals surface area contributed by atoms with Crippen LogP contribution in [0.2, 0.25) is 0 Å². The van der Waals surface area contributed by atoms with E-state index in [1.165, 1.54) is 33.4 Å². The second kappa shape index (κ2) is 13.0. The molecule has 2 aromatic heterocycles. The highest BCUT2D eigenvalue weighted by atomic mass is 16.3. The lowest BCUT2D eigenvalue weighted by molar-refractivity contribution is 0.669. The molecule has 0 amide bonds. The number of nitrogens with zero attached hydrogens (tertiary/aromatic N) is 3. The van der Waals surface area contributed by atoms with Gasteiger partial charge in [0.1, 0.15) is 11.2 Å². The molecule has 0 spiro atoms. The Hall–Kier alpha value is -6.91. The second-order valence-electron chi connectivity index (χ2n) is 13.5. The normalized spacial score (nSPS) is 12.3. The first-order valence-corrected chi connectivity index (χ1v) is 18.1. The van der Waals surface area contributed by atoms with Crippen molar-refractivity contribution in [3.05, 3.63) is 181 Å². The summed E-state index contributed by atoms with van der Waals surface area (Å²) in [6, 6.07) is 57.0. The summed E-state index contributed by atoms with van der Waals surface area (Å²) in [5, 5.41) is 2.01. The number of hydrogen-bond acceptors (Lipinski definition) is 4. The van der Waals surface area contributed by atoms with Gasteiger partial charge in [0.2, 0.25) is 0 Å². The van der Waals surface area contributed by atoms with E-state index in [4.69, 9.17) is 19.4 Å². The molecular formula is C49H33N3O. The Labute approximate surface area is 307 Å². The minimum absolute atomic E-state index is 0.602. The molecule has 0 unspecified atom stereocenters. The predicted molar refractivity (Wildman–Crippen MR) is 217 cm³/mol. The first kappa shape index (κ1) is 30.9. The van der Waals surface area contributed by atoms with Crippen molar-refractivity contribution >= 4 is 28.0 Å². The number of aromatic nitrogens is 3. The third-order valence-corrected chi connectivity index (χ3v) is 10.2. The van der Waals surface area contributed by atoms with E-state index in [0.29, 0.717) is 17.5 Å². The third-order valence-electron chi connectivity index (χ3n) is 10.2. The fourth-order valence-electron chi connectivity index (χ4n) is 7.67. The van der Waals surface area contributed by atoms with Crippen molar-refractivity contribution in [2.75, 3.05) is 0 Å². The highest BCUT2D eigenvalue weighted by molar-refractivity contribution is 6.12. The molecule has 7 aromatic carbocycles. The van der Waals surface area contributed by atoms with Crippen molar-refractivity contribution in [1.29, 1.82) is 0 Å². The average molecular weight is 680 g/mol. The van der Waals surface area contributed by atoms with E-state index in [0.717, 1.165) is 62.6 Å². The zero-order chi connectivity index (χ0) is 35.1. The zero-order valence-electron chi connectivity index (χ0n) is 28.9. The fraction of sp³-hybridized carbons (Fsp3) is 0.0408. The molecule has 1 aliphatic rings. The molecule has 4 nitrogen and oxygen atoms in total. The van der Waals surface area contributed by atoms with Crippen LogP contribution in [0.5, 0.6) is 0 Å². The van der Waals surface area contributed by atoms with E-state index in [9.17, 15) is 0 Å². The summed E-state index contributed by atoms with van der Waals surface area (Å²) in [6.45, 7) is 0. The van der Waals surface area contributed by atoms with Crippen molar-refractivity contribution < 1.29 is 4.42 Å². The van der Waals surface area contributed by atoms with Crippen LogP contribution in [-0.4, -0.2) is 15.0 Å². The van der Waals surface area contributed by atoms with Gasteiger partial charge in [0, 0.05) is 27.5 Å². The highest BCUT2D eigenvalue weighted by Gasteiger charge is 2.20. The van der Waals surface area contributed by atoms with Crippen LogP contribution >= 0.6 is 0 Å². The quantitative estimate of drug-likeness (QED) is 0.175. The Kier molecular flexibility index (Phi) is 7.58. The Morgan fingerprint density at radius 1 is 0.415 bits per heavy atom. The number of allylic oxidation sites excluding steroid dienone is 1. The maximum absolute atomic E-state index is 6.50. The summed E-state index contributed by atoms with van der Waals surface area (Å²) in [7, 11) is 0. The molecule has 10 rings (SSSR count). The summed E-state index contributed by atoms with van der Waals surface area (Å²) in [4.78, 5) is 15.5. The van der Waals surface area contributed by atoms with Gasteiger partial charge in [-0.25, -0.2) is 15.0 Å². The van der Waals surface area contributed by atoms with Crippen molar-refractivity contribution in [2.45, 2.75) is 12.8 Å². The van der Waals surface area contributed by atoms with E-state index in [1.54, 1.807) is 0 Å². The summed E-state index contributed by atoms with van der Waals surface area (Å²) in [6.07, 6.45) is 6.55. The molecule has 0 saturated carbocycles. The van der Waals surface area contributed by atoms with Gasteiger partial charge in [-0.2, -0.15) is 0 Å². The van der Waals surface area contributed by atoms with Crippen molar-refractivity contribution in [3.8, 4) is 67.5 Å². The van der Waals surface area contributed by atoms with E-state index >= 15 is 0 Å². The monoisotopic (exact) mass is 679 g/mol. The summed E-state index contributed by atoms with van der Waals surface area (Å²) in [5.74, 6) is 1.85. The molecule has 0 aliphatic heterocycles. The average Bonchev–Trinajstić information content (AvgIpc) is 3.62. The molecule has 0 saturated heterocycles. The van der Waals surface area contributed by atoms with Crippen molar-refractivity contribution in [3.63, 3.8) is 0 Å². The van der Waals surface area contributed by atoms with E-state index in [1.807, 2.05) is 36.4 Å². The lowest BCUT2D eigenvalue weighted by Crippen LogP contribution is -2.02. The van der Waals surface area contributed by atoms with Crippen LogP contribution in [0.25, 0.3) is 95.6 Å². The Morgan fingerprint density at radius 3 is 1.87 bits per heavy atom. The molecule has 0 atom stereocenters. The van der Waals surface area contributed by atoms with Gasteiger partial charge in [-0.1, -0.05) is 152 Å². The number of fused-ring (bicyclic) bond motifs is 4. The molecular weight excluding hydrogens is 647 g/mol. The lowest BCUT2D eigenvalue weighted by Gasteiger charge is -2.19. The lowest BCUT2D eigenvalue weighted by atomic mass is 9.85. The van der Waals surface area contributed by atoms with E-state index in [2.05, 4.69) is 140 Å². The van der Waals surface area contributed by atoms with Gasteiger partial charge in [0.05, 0.1) is 0 Å². The van der Waals surface area contributed by atoms with Crippen LogP contribution in [0.15, 0.2) is 174 Å². The number of furan rings is 1. The summed E-state index contributed by atoms with van der Waals surface area (Å²) >= 11 is 0. The summed E-state index contributed by atoms with van der Waals surface area (Å²) < 4.78 is 6.50. The zero-order valence-corrected chi connectivity index (χ0v) is 28.9. The number of rotatable bonds is 6. The van der Waals surface area contributed by atoms with Crippen LogP contribution < -0.4 is 0 Å². The molecule has 0 fully saturated rings. The predicted octanol–water partition coefficient (Wildman–Crippen LogP) is 12.7. The van der Waals surface area contributed by atoms with E-state index in [-0.39, 0.29) is 0 Å². The van der Waals surface area contributed by atoms with Gasteiger partial charge in [-0.05, 0) is 81.6 Å². The Bertz CT molecular complexity index is 2820. The minimum Gasteiger partial charge on any atom is -0.456 e. The highest BCUT2D eigenvalue weighted by Crippen LogP contribution is 2.41. The molecule has 9 aromatic rings. The number of hydrogen-bond donors (Lipinski definition) is 0. The SMILES string of the molecule is C1=Cc2cccc(-c3cc(-c4nc(-c5ccccc5)nc(-c5cccc6oc7cc(-c8ccccc8)ccc7c56)n4)ccc3-c3ccccc3)c2CC1. The minimum atomic E-state index is 0.602. The molecule has 250 valence electrons. The molecule has 53 heavy (non-hydrogen) atoms. The first-order chi connectivity index (χ1) is 26.3. The second-order valence-corrected chi connectivity index (χ2v) is 13.5. The van der Waals surface area contributed by atoms with E-state index < -0.39 is 0 Å². The topological polar surface area (TPSA) is 51.8 Å². The molecule has 2 heterocycles. The van der Waals surface area contributed by atoms with Crippen molar-refractivity contribution in [1.82, 2.24) is 15.0 Å². The van der Waals surface area contributed by atoms with Gasteiger partial charge >= 0.3 is 0 Å². The third kappa shape index (κ3) is 5.62. The standard InChI is InChI=1S/C49H33N3O/c1-4-14-32(15-5-1)36-26-29-41-45(31-36)53-44-25-13-24-42(46(41)44)49-51-47(35-19-8-3-9-20-35)50-48(52-49)37-27-28-39(33-16-6-2-7-17-33)43(30-37)40-23-12-21-34-18-10-11-22-38(34)40/h1-10,12-21,23-31H,11,22H2. The Balaban J connectivity index is 1.18. The maximum Gasteiger partial charge on any atom is 0.164 e. The van der Waals surface area contributed by atoms with Crippen LogP contribution in [0.4, 0.5) is 0 Å². The molecule has 4 heteroatoms. The molecule has 0 radical (unpaired) electrons. The molecule has 0 N–H and O–H groups in total. The Morgan fingerprint density at radius 2 is 1.08 bits per heavy atom. The fourth-order valence-corrected chi connectivity index (χ4v) is 7.67. The van der Waals surface area contributed by atoms with Crippen LogP contribution in [0.3, 0.4) is 0 Å². The van der Waals surface area contributed by atoms with Gasteiger partial charge in [0.25, 0.3) is 0 Å². The molecule has 1 aliphatic carbocycles.